The molecule has 1 amide bonds. The summed E-state index contributed by atoms with van der Waals surface area (Å²) in [6, 6.07) is 13.0. The number of hydrogen-bond acceptors (Lipinski definition) is 5. The predicted molar refractivity (Wildman–Crippen MR) is 117 cm³/mol. The molecule has 0 saturated heterocycles. The number of halogens is 2. The molecule has 0 fully saturated rings. The van der Waals surface area contributed by atoms with E-state index in [2.05, 4.69) is 4.72 Å². The minimum atomic E-state index is -4.09. The minimum absolute atomic E-state index is 0.148. The zero-order chi connectivity index (χ0) is 24.3. The zero-order valence-corrected chi connectivity index (χ0v) is 18.3. The molecule has 0 radical (unpaired) electrons. The van der Waals surface area contributed by atoms with Crippen LogP contribution in [0.2, 0.25) is 0 Å². The zero-order valence-electron chi connectivity index (χ0n) is 17.5. The second-order valence-corrected chi connectivity index (χ2v) is 8.89. The number of non-ortho nitro benzene ring substituents is 1. The molecule has 0 aliphatic carbocycles. The maximum atomic E-state index is 13.5. The van der Waals surface area contributed by atoms with Crippen molar-refractivity contribution in [1.29, 1.82) is 0 Å². The maximum Gasteiger partial charge on any atom is 0.270 e. The normalized spacial score (nSPS) is 12.1. The van der Waals surface area contributed by atoms with Gasteiger partial charge in [-0.05, 0) is 55.0 Å². The molecule has 1 atom stereocenters. The Bertz CT molecular complexity index is 1310. The summed E-state index contributed by atoms with van der Waals surface area (Å²) in [5.41, 5.74) is 0.433. The first-order valence-corrected chi connectivity index (χ1v) is 11.1. The van der Waals surface area contributed by atoms with E-state index in [0.29, 0.717) is 5.56 Å². The summed E-state index contributed by atoms with van der Waals surface area (Å²) in [6.45, 7) is 1.66. The van der Waals surface area contributed by atoms with Crippen LogP contribution in [0.1, 0.15) is 28.9 Å². The molecule has 3 rings (SSSR count). The molecule has 3 aromatic carbocycles. The fraction of sp³-hybridized carbons (Fsp3) is 0.136. The number of hydrogen-bond donors (Lipinski definition) is 1. The number of sulfonamides is 1. The second kappa shape index (κ2) is 9.33. The van der Waals surface area contributed by atoms with Crippen molar-refractivity contribution in [1.82, 2.24) is 4.90 Å². The van der Waals surface area contributed by atoms with E-state index in [1.807, 2.05) is 0 Å². The Balaban J connectivity index is 1.75. The summed E-state index contributed by atoms with van der Waals surface area (Å²) in [6.07, 6.45) is 0. The highest BCUT2D eigenvalue weighted by Gasteiger charge is 2.21. The minimum Gasteiger partial charge on any atom is -0.335 e. The molecule has 0 saturated carbocycles. The van der Waals surface area contributed by atoms with Gasteiger partial charge in [0.1, 0.15) is 0 Å². The lowest BCUT2D eigenvalue weighted by Gasteiger charge is -2.25. The Morgan fingerprint density at radius 2 is 1.70 bits per heavy atom. The Hall–Kier alpha value is -3.86. The number of amides is 1. The number of nitro groups is 1. The molecule has 0 bridgehead atoms. The molecule has 1 N–H and O–H groups in total. The van der Waals surface area contributed by atoms with Crippen LogP contribution in [0.4, 0.5) is 20.2 Å². The van der Waals surface area contributed by atoms with Crippen LogP contribution in [0, 0.1) is 21.7 Å². The quantitative estimate of drug-likeness (QED) is 0.400. The number of nitro benzene ring substituents is 1. The number of anilines is 1. The van der Waals surface area contributed by atoms with Gasteiger partial charge >= 0.3 is 0 Å². The highest BCUT2D eigenvalue weighted by molar-refractivity contribution is 7.92. The first-order valence-electron chi connectivity index (χ1n) is 9.59. The molecule has 1 unspecified atom stereocenters. The number of carbonyl (C=O) groups excluding carboxylic acids is 1. The predicted octanol–water partition coefficient (Wildman–Crippen LogP) is 4.51. The molecule has 0 spiro atoms. The average molecular weight is 475 g/mol. The first kappa shape index (κ1) is 23.8. The molecule has 0 aliphatic rings. The van der Waals surface area contributed by atoms with Crippen LogP contribution in [-0.4, -0.2) is 31.2 Å². The summed E-state index contributed by atoms with van der Waals surface area (Å²) >= 11 is 0. The van der Waals surface area contributed by atoms with Gasteiger partial charge in [-0.25, -0.2) is 17.2 Å². The van der Waals surface area contributed by atoms with Gasteiger partial charge in [0.25, 0.3) is 21.6 Å². The van der Waals surface area contributed by atoms with Gasteiger partial charge in [0.15, 0.2) is 11.6 Å². The van der Waals surface area contributed by atoms with E-state index in [1.165, 1.54) is 60.5 Å². The maximum absolute atomic E-state index is 13.5. The number of rotatable bonds is 7. The number of carbonyl (C=O) groups is 1. The van der Waals surface area contributed by atoms with E-state index in [1.54, 1.807) is 6.92 Å². The van der Waals surface area contributed by atoms with Crippen molar-refractivity contribution in [3.8, 4) is 0 Å². The van der Waals surface area contributed by atoms with E-state index in [9.17, 15) is 32.1 Å². The van der Waals surface area contributed by atoms with Crippen LogP contribution in [0.3, 0.4) is 0 Å². The monoisotopic (exact) mass is 475 g/mol. The molecule has 3 aromatic rings. The Kier molecular flexibility index (Phi) is 6.73. The molecule has 0 aliphatic heterocycles. The lowest BCUT2D eigenvalue weighted by Crippen LogP contribution is -2.29. The van der Waals surface area contributed by atoms with Gasteiger partial charge in [-0.3, -0.25) is 19.6 Å². The average Bonchev–Trinajstić information content (AvgIpc) is 2.79. The van der Waals surface area contributed by atoms with Gasteiger partial charge < -0.3 is 4.90 Å². The van der Waals surface area contributed by atoms with Crippen LogP contribution in [0.15, 0.2) is 71.6 Å². The van der Waals surface area contributed by atoms with E-state index in [0.717, 1.165) is 18.2 Å². The summed E-state index contributed by atoms with van der Waals surface area (Å²) < 4.78 is 54.1. The van der Waals surface area contributed by atoms with Crippen LogP contribution in [-0.2, 0) is 10.0 Å². The van der Waals surface area contributed by atoms with Crippen molar-refractivity contribution in [3.05, 3.63) is 99.6 Å². The van der Waals surface area contributed by atoms with Crippen molar-refractivity contribution in [2.45, 2.75) is 17.9 Å². The third-order valence-corrected chi connectivity index (χ3v) is 6.43. The van der Waals surface area contributed by atoms with E-state index >= 15 is 0 Å². The van der Waals surface area contributed by atoms with Gasteiger partial charge in [-0.15, -0.1) is 0 Å². The summed E-state index contributed by atoms with van der Waals surface area (Å²) in [5, 5.41) is 10.9. The third-order valence-electron chi connectivity index (χ3n) is 5.05. The van der Waals surface area contributed by atoms with E-state index in [-0.39, 0.29) is 21.8 Å². The number of nitrogens with zero attached hydrogens (tertiary/aromatic N) is 2. The van der Waals surface area contributed by atoms with Crippen LogP contribution in [0.5, 0.6) is 0 Å². The summed E-state index contributed by atoms with van der Waals surface area (Å²) in [4.78, 5) is 24.0. The fourth-order valence-corrected chi connectivity index (χ4v) is 4.13. The van der Waals surface area contributed by atoms with Gasteiger partial charge in [0, 0.05) is 30.4 Å². The molecule has 33 heavy (non-hydrogen) atoms. The van der Waals surface area contributed by atoms with Crippen molar-refractivity contribution in [2.75, 3.05) is 11.8 Å². The molecule has 11 heteroatoms. The Labute approximate surface area is 188 Å². The summed E-state index contributed by atoms with van der Waals surface area (Å²) in [5.74, 6) is -2.41. The number of benzene rings is 3. The van der Waals surface area contributed by atoms with Crippen molar-refractivity contribution < 1.29 is 26.9 Å². The van der Waals surface area contributed by atoms with Crippen molar-refractivity contribution in [3.63, 3.8) is 0 Å². The highest BCUT2D eigenvalue weighted by atomic mass is 32.2. The van der Waals surface area contributed by atoms with Gasteiger partial charge in [0.05, 0.1) is 15.9 Å². The third kappa shape index (κ3) is 5.32. The summed E-state index contributed by atoms with van der Waals surface area (Å²) in [7, 11) is -2.58. The molecule has 0 heterocycles. The standard InChI is InChI=1S/C22H19F2N3O5S/c1-14(16-8-11-20(23)21(24)12-16)26(2)22(28)15-6-9-17(10-7-15)25-33(31,32)19-5-3-4-18(13-19)27(29)30/h3-14,25H,1-2H3. The topological polar surface area (TPSA) is 110 Å². The smallest absolute Gasteiger partial charge is 0.270 e. The molecular formula is C22H19F2N3O5S. The lowest BCUT2D eigenvalue weighted by molar-refractivity contribution is -0.385. The lowest BCUT2D eigenvalue weighted by atomic mass is 10.1. The van der Waals surface area contributed by atoms with Gasteiger partial charge in [0.2, 0.25) is 0 Å². The second-order valence-electron chi connectivity index (χ2n) is 7.20. The SMILES string of the molecule is CC(c1ccc(F)c(F)c1)N(C)C(=O)c1ccc(NS(=O)(=O)c2cccc([N+](=O)[O-])c2)cc1. The van der Waals surface area contributed by atoms with Gasteiger partial charge in [-0.1, -0.05) is 12.1 Å². The largest absolute Gasteiger partial charge is 0.335 e. The van der Waals surface area contributed by atoms with Crippen LogP contribution in [0.25, 0.3) is 0 Å². The Morgan fingerprint density at radius 3 is 2.30 bits per heavy atom. The van der Waals surface area contributed by atoms with Gasteiger partial charge in [-0.2, -0.15) is 0 Å². The van der Waals surface area contributed by atoms with E-state index in [4.69, 9.17) is 0 Å². The number of nitrogens with one attached hydrogen (secondary N) is 1. The first-order chi connectivity index (χ1) is 15.5. The fourth-order valence-electron chi connectivity index (χ4n) is 3.03. The van der Waals surface area contributed by atoms with Crippen LogP contribution < -0.4 is 4.72 Å². The molecule has 172 valence electrons. The molecular weight excluding hydrogens is 456 g/mol. The Morgan fingerprint density at radius 1 is 1.03 bits per heavy atom. The molecule has 0 aromatic heterocycles. The van der Waals surface area contributed by atoms with E-state index < -0.39 is 38.5 Å². The van der Waals surface area contributed by atoms with Crippen LogP contribution >= 0.6 is 0 Å². The van der Waals surface area contributed by atoms with Crippen molar-refractivity contribution in [2.24, 2.45) is 0 Å². The highest BCUT2D eigenvalue weighted by Crippen LogP contribution is 2.24. The molecule has 8 nitrogen and oxygen atoms in total. The van der Waals surface area contributed by atoms with Crippen molar-refractivity contribution >= 4 is 27.3 Å².